The highest BCUT2D eigenvalue weighted by atomic mass is 16.5. The van der Waals surface area contributed by atoms with Crippen molar-refractivity contribution >= 4 is 0 Å². The first-order chi connectivity index (χ1) is 7.21. The average molecular weight is 214 g/mol. The Balaban J connectivity index is 1.96. The number of hydrogen-bond acceptors (Lipinski definition) is 4. The normalized spacial score (nSPS) is 34.0. The third-order valence-corrected chi connectivity index (χ3v) is 3.65. The lowest BCUT2D eigenvalue weighted by Gasteiger charge is -2.42. The van der Waals surface area contributed by atoms with Gasteiger partial charge in [0.2, 0.25) is 0 Å². The summed E-state index contributed by atoms with van der Waals surface area (Å²) >= 11 is 0. The summed E-state index contributed by atoms with van der Waals surface area (Å²) < 4.78 is 0. The molecule has 0 aliphatic carbocycles. The van der Waals surface area contributed by atoms with Crippen molar-refractivity contribution < 1.29 is 10.2 Å². The van der Waals surface area contributed by atoms with Gasteiger partial charge in [-0.25, -0.2) is 0 Å². The zero-order chi connectivity index (χ0) is 10.7. The Kier molecular flexibility index (Phi) is 3.61. The van der Waals surface area contributed by atoms with E-state index in [1.807, 2.05) is 0 Å². The number of rotatable bonds is 2. The maximum absolute atomic E-state index is 10.2. The Bertz CT molecular complexity index is 177. The molecule has 2 heterocycles. The molecule has 88 valence electrons. The van der Waals surface area contributed by atoms with Crippen LogP contribution in [0.4, 0.5) is 0 Å². The second-order valence-electron chi connectivity index (χ2n) is 4.79. The molecule has 2 saturated heterocycles. The minimum absolute atomic E-state index is 0.165. The van der Waals surface area contributed by atoms with Crippen molar-refractivity contribution in [1.29, 1.82) is 0 Å². The van der Waals surface area contributed by atoms with Crippen molar-refractivity contribution in [2.75, 3.05) is 13.1 Å². The molecule has 0 radical (unpaired) electrons. The highest BCUT2D eigenvalue weighted by Gasteiger charge is 2.42. The fraction of sp³-hybridized carbons (Fsp3) is 1.00. The zero-order valence-corrected chi connectivity index (χ0v) is 9.21. The summed E-state index contributed by atoms with van der Waals surface area (Å²) in [5, 5.41) is 26.8. The highest BCUT2D eigenvalue weighted by molar-refractivity contribution is 4.95. The van der Waals surface area contributed by atoms with Crippen LogP contribution in [-0.4, -0.2) is 41.2 Å². The van der Waals surface area contributed by atoms with Crippen LogP contribution in [0.3, 0.4) is 0 Å². The second-order valence-corrected chi connectivity index (χ2v) is 4.79. The van der Waals surface area contributed by atoms with Gasteiger partial charge in [0.15, 0.2) is 5.79 Å². The lowest BCUT2D eigenvalue weighted by molar-refractivity contribution is -0.211. The molecule has 2 aliphatic rings. The van der Waals surface area contributed by atoms with Crippen LogP contribution in [0.2, 0.25) is 0 Å². The number of aliphatic hydroxyl groups is 2. The van der Waals surface area contributed by atoms with E-state index in [2.05, 4.69) is 10.6 Å². The van der Waals surface area contributed by atoms with E-state index in [1.165, 1.54) is 0 Å². The van der Waals surface area contributed by atoms with Gasteiger partial charge >= 0.3 is 0 Å². The molecule has 2 unspecified atom stereocenters. The van der Waals surface area contributed by atoms with Crippen LogP contribution in [0.1, 0.15) is 38.5 Å². The van der Waals surface area contributed by atoms with E-state index in [9.17, 15) is 10.2 Å². The van der Waals surface area contributed by atoms with Gasteiger partial charge in [-0.15, -0.1) is 0 Å². The minimum atomic E-state index is -1.58. The first kappa shape index (κ1) is 11.3. The first-order valence-corrected chi connectivity index (χ1v) is 6.13. The smallest absolute Gasteiger partial charge is 0.194 e. The summed E-state index contributed by atoms with van der Waals surface area (Å²) in [6.07, 6.45) is 6.20. The maximum Gasteiger partial charge on any atom is 0.194 e. The topological polar surface area (TPSA) is 64.5 Å². The summed E-state index contributed by atoms with van der Waals surface area (Å²) in [5.41, 5.74) is 0. The SMILES string of the molecule is OC(O)(C1CCCCN1)C1CCCCN1. The van der Waals surface area contributed by atoms with Crippen molar-refractivity contribution in [3.8, 4) is 0 Å². The largest absolute Gasteiger partial charge is 0.363 e. The Labute approximate surface area is 91.1 Å². The molecule has 0 bridgehead atoms. The van der Waals surface area contributed by atoms with E-state index < -0.39 is 5.79 Å². The van der Waals surface area contributed by atoms with E-state index in [4.69, 9.17) is 0 Å². The Morgan fingerprint density at radius 3 is 1.60 bits per heavy atom. The van der Waals surface area contributed by atoms with Gasteiger partial charge in [0, 0.05) is 0 Å². The van der Waals surface area contributed by atoms with Crippen molar-refractivity contribution in [3.63, 3.8) is 0 Å². The van der Waals surface area contributed by atoms with Gasteiger partial charge in [-0.05, 0) is 38.8 Å². The van der Waals surface area contributed by atoms with Crippen molar-refractivity contribution in [2.24, 2.45) is 0 Å². The van der Waals surface area contributed by atoms with E-state index >= 15 is 0 Å². The zero-order valence-electron chi connectivity index (χ0n) is 9.21. The number of piperidine rings is 2. The van der Waals surface area contributed by atoms with Crippen LogP contribution in [0.5, 0.6) is 0 Å². The molecule has 0 spiro atoms. The summed E-state index contributed by atoms with van der Waals surface area (Å²) in [5.74, 6) is -1.58. The van der Waals surface area contributed by atoms with E-state index in [0.29, 0.717) is 0 Å². The van der Waals surface area contributed by atoms with E-state index in [1.54, 1.807) is 0 Å². The van der Waals surface area contributed by atoms with Crippen LogP contribution < -0.4 is 10.6 Å². The lowest BCUT2D eigenvalue weighted by atomic mass is 9.87. The number of nitrogens with one attached hydrogen (secondary N) is 2. The third-order valence-electron chi connectivity index (χ3n) is 3.65. The number of hydrogen-bond donors (Lipinski definition) is 4. The fourth-order valence-corrected chi connectivity index (χ4v) is 2.67. The molecule has 0 saturated carbocycles. The quantitative estimate of drug-likeness (QED) is 0.487. The Morgan fingerprint density at radius 2 is 1.27 bits per heavy atom. The molecule has 0 aromatic heterocycles. The molecular weight excluding hydrogens is 192 g/mol. The second kappa shape index (κ2) is 4.78. The molecule has 0 amide bonds. The molecule has 2 atom stereocenters. The highest BCUT2D eigenvalue weighted by Crippen LogP contribution is 2.24. The summed E-state index contributed by atoms with van der Waals surface area (Å²) in [6.45, 7) is 1.81. The van der Waals surface area contributed by atoms with E-state index in [-0.39, 0.29) is 12.1 Å². The molecule has 2 rings (SSSR count). The van der Waals surface area contributed by atoms with Crippen LogP contribution in [0, 0.1) is 0 Å². The predicted molar refractivity (Wildman–Crippen MR) is 58.5 cm³/mol. The third kappa shape index (κ3) is 2.50. The molecule has 2 fully saturated rings. The molecule has 0 aromatic rings. The van der Waals surface area contributed by atoms with Crippen molar-refractivity contribution in [3.05, 3.63) is 0 Å². The lowest BCUT2D eigenvalue weighted by Crippen LogP contribution is -2.64. The molecule has 2 aliphatic heterocycles. The van der Waals surface area contributed by atoms with Crippen LogP contribution in [-0.2, 0) is 0 Å². The van der Waals surface area contributed by atoms with Gasteiger partial charge in [-0.2, -0.15) is 0 Å². The molecule has 0 aromatic carbocycles. The van der Waals surface area contributed by atoms with Gasteiger partial charge in [0.05, 0.1) is 12.1 Å². The van der Waals surface area contributed by atoms with Crippen LogP contribution in [0.25, 0.3) is 0 Å². The Hall–Kier alpha value is -0.160. The van der Waals surface area contributed by atoms with Gasteiger partial charge in [-0.1, -0.05) is 12.8 Å². The monoisotopic (exact) mass is 214 g/mol. The molecule has 4 nitrogen and oxygen atoms in total. The van der Waals surface area contributed by atoms with Crippen molar-refractivity contribution in [2.45, 2.75) is 56.4 Å². The first-order valence-electron chi connectivity index (χ1n) is 6.13. The standard InChI is InChI=1S/C11H22N2O2/c14-11(15,9-5-1-3-7-12-9)10-6-2-4-8-13-10/h9-10,12-15H,1-8H2. The van der Waals surface area contributed by atoms with E-state index in [0.717, 1.165) is 51.6 Å². The van der Waals surface area contributed by atoms with Crippen LogP contribution >= 0.6 is 0 Å². The fourth-order valence-electron chi connectivity index (χ4n) is 2.67. The van der Waals surface area contributed by atoms with Crippen LogP contribution in [0.15, 0.2) is 0 Å². The predicted octanol–water partition coefficient (Wildman–Crippen LogP) is -0.0485. The van der Waals surface area contributed by atoms with Gasteiger partial charge in [0.1, 0.15) is 0 Å². The maximum atomic E-state index is 10.2. The van der Waals surface area contributed by atoms with Gasteiger partial charge in [-0.3, -0.25) is 0 Å². The van der Waals surface area contributed by atoms with Gasteiger partial charge in [0.25, 0.3) is 0 Å². The van der Waals surface area contributed by atoms with Crippen molar-refractivity contribution in [1.82, 2.24) is 10.6 Å². The molecule has 4 heteroatoms. The summed E-state index contributed by atoms with van der Waals surface area (Å²) in [6, 6.07) is -0.330. The van der Waals surface area contributed by atoms with Gasteiger partial charge < -0.3 is 20.8 Å². The Morgan fingerprint density at radius 1 is 0.800 bits per heavy atom. The minimum Gasteiger partial charge on any atom is -0.363 e. The summed E-state index contributed by atoms with van der Waals surface area (Å²) in [4.78, 5) is 0. The summed E-state index contributed by atoms with van der Waals surface area (Å²) in [7, 11) is 0. The average Bonchev–Trinajstić information content (AvgIpc) is 2.31. The molecule has 4 N–H and O–H groups in total. The molecule has 15 heavy (non-hydrogen) atoms. The molecular formula is C11H22N2O2.